The van der Waals surface area contributed by atoms with Gasteiger partial charge in [0.25, 0.3) is 0 Å². The lowest BCUT2D eigenvalue weighted by Gasteiger charge is -2.15. The number of carbonyl (C=O) groups is 1. The molecular formula is C18H20N4O2. The fraction of sp³-hybridized carbons (Fsp3) is 0.278. The lowest BCUT2D eigenvalue weighted by Crippen LogP contribution is -2.35. The number of anilines is 1. The zero-order valence-corrected chi connectivity index (χ0v) is 13.3. The van der Waals surface area contributed by atoms with E-state index < -0.39 is 0 Å². The highest BCUT2D eigenvalue weighted by molar-refractivity contribution is 5.80. The van der Waals surface area contributed by atoms with Crippen molar-refractivity contribution in [1.29, 1.82) is 5.26 Å². The maximum atomic E-state index is 11.9. The summed E-state index contributed by atoms with van der Waals surface area (Å²) in [5.74, 6) is -0.224. The molecular weight excluding hydrogens is 304 g/mol. The number of aliphatic hydroxyl groups excluding tert-OH is 1. The Morgan fingerprint density at radius 1 is 1.25 bits per heavy atom. The molecule has 0 aliphatic rings. The molecule has 1 amide bonds. The number of nitriles is 1. The van der Waals surface area contributed by atoms with E-state index in [0.717, 1.165) is 11.4 Å². The highest BCUT2D eigenvalue weighted by Crippen LogP contribution is 2.08. The Morgan fingerprint density at radius 2 is 2.04 bits per heavy atom. The predicted molar refractivity (Wildman–Crippen MR) is 91.2 cm³/mol. The Morgan fingerprint density at radius 3 is 2.67 bits per heavy atom. The first kappa shape index (κ1) is 17.4. The van der Waals surface area contributed by atoms with Crippen molar-refractivity contribution in [3.63, 3.8) is 0 Å². The van der Waals surface area contributed by atoms with Crippen molar-refractivity contribution in [2.24, 2.45) is 5.92 Å². The molecule has 24 heavy (non-hydrogen) atoms. The quantitative estimate of drug-likeness (QED) is 0.680. The third-order valence-electron chi connectivity index (χ3n) is 3.54. The number of pyridine rings is 1. The highest BCUT2D eigenvalue weighted by Gasteiger charge is 2.11. The minimum atomic E-state index is -0.154. The third kappa shape index (κ3) is 5.71. The first-order valence-corrected chi connectivity index (χ1v) is 7.72. The number of hydrogen-bond donors (Lipinski definition) is 3. The Hall–Kier alpha value is -2.91. The number of rotatable bonds is 8. The first-order chi connectivity index (χ1) is 11.7. The van der Waals surface area contributed by atoms with Gasteiger partial charge in [0, 0.05) is 36.6 Å². The molecule has 124 valence electrons. The molecule has 2 rings (SSSR count). The van der Waals surface area contributed by atoms with E-state index in [1.54, 1.807) is 30.5 Å². The number of carbonyl (C=O) groups excluding carboxylic acids is 1. The summed E-state index contributed by atoms with van der Waals surface area (Å²) in [5, 5.41) is 24.0. The fourth-order valence-corrected chi connectivity index (χ4v) is 2.18. The molecule has 1 aromatic heterocycles. The molecule has 6 heteroatoms. The molecule has 0 saturated carbocycles. The molecule has 1 heterocycles. The van der Waals surface area contributed by atoms with Gasteiger partial charge in [0.05, 0.1) is 18.2 Å². The molecule has 0 fully saturated rings. The summed E-state index contributed by atoms with van der Waals surface area (Å²) in [5.41, 5.74) is 2.24. The van der Waals surface area contributed by atoms with Gasteiger partial charge in [-0.05, 0) is 42.8 Å². The molecule has 0 bridgehead atoms. The van der Waals surface area contributed by atoms with E-state index in [1.165, 1.54) is 0 Å². The van der Waals surface area contributed by atoms with Crippen LogP contribution < -0.4 is 10.6 Å². The van der Waals surface area contributed by atoms with E-state index in [4.69, 9.17) is 5.26 Å². The molecule has 0 aliphatic heterocycles. The first-order valence-electron chi connectivity index (χ1n) is 7.72. The van der Waals surface area contributed by atoms with Crippen molar-refractivity contribution < 1.29 is 9.90 Å². The van der Waals surface area contributed by atoms with Crippen molar-refractivity contribution in [1.82, 2.24) is 10.3 Å². The lowest BCUT2D eigenvalue weighted by molar-refractivity contribution is -0.119. The van der Waals surface area contributed by atoms with Gasteiger partial charge >= 0.3 is 0 Å². The Bertz CT molecular complexity index is 680. The normalized spacial score (nSPS) is 11.3. The second kappa shape index (κ2) is 9.28. The second-order valence-electron chi connectivity index (χ2n) is 5.42. The van der Waals surface area contributed by atoms with Gasteiger partial charge in [-0.15, -0.1) is 0 Å². The van der Waals surface area contributed by atoms with Crippen molar-refractivity contribution in [2.45, 2.75) is 6.42 Å². The van der Waals surface area contributed by atoms with Crippen LogP contribution in [0, 0.1) is 17.2 Å². The van der Waals surface area contributed by atoms with Gasteiger partial charge in [0.1, 0.15) is 0 Å². The molecule has 3 N–H and O–H groups in total. The van der Waals surface area contributed by atoms with Gasteiger partial charge in [-0.3, -0.25) is 9.78 Å². The van der Waals surface area contributed by atoms with E-state index in [0.29, 0.717) is 18.5 Å². The standard InChI is InChI=1S/C18H20N4O2/c19-10-14-4-6-16(7-5-14)21-12-18(24)22-11-15(13-23)9-17-3-1-2-8-20-17/h1-8,15,21,23H,9,11-13H2,(H,22,24). The number of aliphatic hydroxyl groups is 1. The number of nitrogens with one attached hydrogen (secondary N) is 2. The van der Waals surface area contributed by atoms with Gasteiger partial charge in [0.15, 0.2) is 0 Å². The highest BCUT2D eigenvalue weighted by atomic mass is 16.3. The summed E-state index contributed by atoms with van der Waals surface area (Å²) in [6.45, 7) is 0.508. The average Bonchev–Trinajstić information content (AvgIpc) is 2.64. The summed E-state index contributed by atoms with van der Waals surface area (Å²) < 4.78 is 0. The minimum absolute atomic E-state index is 0.0140. The van der Waals surface area contributed by atoms with Crippen LogP contribution in [0.5, 0.6) is 0 Å². The average molecular weight is 324 g/mol. The number of nitrogens with zero attached hydrogens (tertiary/aromatic N) is 2. The molecule has 1 aromatic carbocycles. The molecule has 0 radical (unpaired) electrons. The van der Waals surface area contributed by atoms with Crippen molar-refractivity contribution in [2.75, 3.05) is 25.0 Å². The lowest BCUT2D eigenvalue weighted by atomic mass is 10.0. The van der Waals surface area contributed by atoms with Gasteiger partial charge in [-0.25, -0.2) is 0 Å². The summed E-state index contributed by atoms with van der Waals surface area (Å²) in [6, 6.07) is 14.6. The number of amides is 1. The molecule has 6 nitrogen and oxygen atoms in total. The van der Waals surface area contributed by atoms with Crippen LogP contribution in [0.1, 0.15) is 11.3 Å². The zero-order valence-electron chi connectivity index (χ0n) is 13.3. The van der Waals surface area contributed by atoms with E-state index in [1.807, 2.05) is 24.3 Å². The van der Waals surface area contributed by atoms with Crippen molar-refractivity contribution in [3.05, 3.63) is 59.9 Å². The molecule has 0 spiro atoms. The van der Waals surface area contributed by atoms with Gasteiger partial charge in [-0.2, -0.15) is 5.26 Å². The zero-order chi connectivity index (χ0) is 17.2. The van der Waals surface area contributed by atoms with Crippen molar-refractivity contribution in [3.8, 4) is 6.07 Å². The van der Waals surface area contributed by atoms with Crippen LogP contribution >= 0.6 is 0 Å². The Balaban J connectivity index is 1.74. The molecule has 1 atom stereocenters. The predicted octanol–water partition coefficient (Wildman–Crippen LogP) is 1.33. The minimum Gasteiger partial charge on any atom is -0.396 e. The van der Waals surface area contributed by atoms with Gasteiger partial charge < -0.3 is 15.7 Å². The van der Waals surface area contributed by atoms with Crippen LogP contribution in [0.4, 0.5) is 5.69 Å². The summed E-state index contributed by atoms with van der Waals surface area (Å²) >= 11 is 0. The molecule has 1 unspecified atom stereocenters. The van der Waals surface area contributed by atoms with Crippen LogP contribution in [0.2, 0.25) is 0 Å². The topological polar surface area (TPSA) is 98.0 Å². The second-order valence-corrected chi connectivity index (χ2v) is 5.42. The van der Waals surface area contributed by atoms with E-state index in [-0.39, 0.29) is 25.0 Å². The maximum absolute atomic E-state index is 11.9. The molecule has 2 aromatic rings. The molecule has 0 saturated heterocycles. The van der Waals surface area contributed by atoms with E-state index >= 15 is 0 Å². The third-order valence-corrected chi connectivity index (χ3v) is 3.54. The Kier molecular flexibility index (Phi) is 6.74. The Labute approximate surface area is 141 Å². The van der Waals surface area contributed by atoms with Crippen LogP contribution in [0.3, 0.4) is 0 Å². The number of benzene rings is 1. The van der Waals surface area contributed by atoms with Crippen LogP contribution in [-0.4, -0.2) is 35.7 Å². The molecule has 0 aliphatic carbocycles. The van der Waals surface area contributed by atoms with E-state index in [9.17, 15) is 9.90 Å². The van der Waals surface area contributed by atoms with Crippen LogP contribution in [-0.2, 0) is 11.2 Å². The summed E-state index contributed by atoms with van der Waals surface area (Å²) in [7, 11) is 0. The number of hydrogen-bond acceptors (Lipinski definition) is 5. The van der Waals surface area contributed by atoms with Gasteiger partial charge in [-0.1, -0.05) is 6.07 Å². The SMILES string of the molecule is N#Cc1ccc(NCC(=O)NCC(CO)Cc2ccccn2)cc1. The van der Waals surface area contributed by atoms with Crippen LogP contribution in [0.25, 0.3) is 0 Å². The number of aromatic nitrogens is 1. The van der Waals surface area contributed by atoms with E-state index in [2.05, 4.69) is 15.6 Å². The maximum Gasteiger partial charge on any atom is 0.239 e. The largest absolute Gasteiger partial charge is 0.396 e. The fourth-order valence-electron chi connectivity index (χ4n) is 2.18. The monoisotopic (exact) mass is 324 g/mol. The van der Waals surface area contributed by atoms with Crippen LogP contribution in [0.15, 0.2) is 48.7 Å². The summed E-state index contributed by atoms with van der Waals surface area (Å²) in [6.07, 6.45) is 2.32. The summed E-state index contributed by atoms with van der Waals surface area (Å²) in [4.78, 5) is 16.1. The van der Waals surface area contributed by atoms with Gasteiger partial charge in [0.2, 0.25) is 5.91 Å². The smallest absolute Gasteiger partial charge is 0.239 e. The van der Waals surface area contributed by atoms with Crippen molar-refractivity contribution >= 4 is 11.6 Å².